The summed E-state index contributed by atoms with van der Waals surface area (Å²) in [5, 5.41) is 3.83. The van der Waals surface area contributed by atoms with E-state index >= 15 is 0 Å². The molecule has 2 nitrogen and oxygen atoms in total. The van der Waals surface area contributed by atoms with E-state index in [1.54, 1.807) is 0 Å². The molecule has 0 aromatic rings. The summed E-state index contributed by atoms with van der Waals surface area (Å²) in [6.07, 6.45) is 4.09. The van der Waals surface area contributed by atoms with Crippen LogP contribution in [-0.2, 0) is 4.79 Å². The third kappa shape index (κ3) is 3.67. The molecule has 1 rings (SSSR count). The maximum Gasteiger partial charge on any atom is 0.221 e. The van der Waals surface area contributed by atoms with Crippen LogP contribution in [-0.4, -0.2) is 17.3 Å². The third-order valence-corrected chi connectivity index (χ3v) is 3.05. The number of rotatable bonds is 3. The second-order valence-corrected chi connectivity index (χ2v) is 5.40. The van der Waals surface area contributed by atoms with Gasteiger partial charge in [0.2, 0.25) is 5.91 Å². The van der Waals surface area contributed by atoms with E-state index in [2.05, 4.69) is 35.1 Å². The number of hydrogen-bond donors (Lipinski definition) is 1. The van der Waals surface area contributed by atoms with Crippen molar-refractivity contribution in [3.8, 4) is 0 Å². The van der Waals surface area contributed by atoms with Gasteiger partial charge in [-0.1, -0.05) is 29.8 Å². The molecule has 1 amide bonds. The molecule has 0 heterocycles. The molecule has 13 heavy (non-hydrogen) atoms. The van der Waals surface area contributed by atoms with Gasteiger partial charge in [-0.05, 0) is 24.7 Å². The molecule has 76 valence electrons. The van der Waals surface area contributed by atoms with E-state index in [9.17, 15) is 4.79 Å². The Morgan fingerprint density at radius 2 is 2.31 bits per heavy atom. The van der Waals surface area contributed by atoms with Gasteiger partial charge in [0.1, 0.15) is 0 Å². The molecule has 0 radical (unpaired) electrons. The Bertz CT molecular complexity index is 191. The van der Waals surface area contributed by atoms with E-state index in [4.69, 9.17) is 0 Å². The third-order valence-electron chi connectivity index (χ3n) is 2.66. The van der Waals surface area contributed by atoms with Crippen molar-refractivity contribution in [1.29, 1.82) is 0 Å². The fourth-order valence-corrected chi connectivity index (χ4v) is 2.31. The van der Waals surface area contributed by atoms with Crippen molar-refractivity contribution in [3.63, 3.8) is 0 Å². The van der Waals surface area contributed by atoms with Crippen LogP contribution in [0, 0.1) is 5.41 Å². The summed E-state index contributed by atoms with van der Waals surface area (Å²) in [4.78, 5) is 11.3. The lowest BCUT2D eigenvalue weighted by Gasteiger charge is -2.17. The predicted molar refractivity (Wildman–Crippen MR) is 58.0 cm³/mol. The Kier molecular flexibility index (Phi) is 3.77. The number of alkyl halides is 1. The van der Waals surface area contributed by atoms with Crippen LogP contribution in [0.3, 0.4) is 0 Å². The standard InChI is InChI=1S/C10H18BrNO/c1-10(2)5-3-8(7-10)12-9(13)4-6-11/h8H,3-7H2,1-2H3,(H,12,13). The highest BCUT2D eigenvalue weighted by atomic mass is 79.9. The van der Waals surface area contributed by atoms with Gasteiger partial charge >= 0.3 is 0 Å². The lowest BCUT2D eigenvalue weighted by Crippen LogP contribution is -2.33. The van der Waals surface area contributed by atoms with Gasteiger partial charge in [-0.3, -0.25) is 4.79 Å². The number of amides is 1. The zero-order valence-corrected chi connectivity index (χ0v) is 9.99. The normalized spacial score (nSPS) is 25.9. The number of nitrogens with one attached hydrogen (secondary N) is 1. The van der Waals surface area contributed by atoms with Gasteiger partial charge in [0.05, 0.1) is 0 Å². The average molecular weight is 248 g/mol. The molecule has 1 unspecified atom stereocenters. The molecule has 0 bridgehead atoms. The van der Waals surface area contributed by atoms with E-state index in [0.29, 0.717) is 17.9 Å². The Hall–Kier alpha value is -0.0500. The molecule has 1 fully saturated rings. The van der Waals surface area contributed by atoms with Crippen molar-refractivity contribution < 1.29 is 4.79 Å². The molecular weight excluding hydrogens is 230 g/mol. The van der Waals surface area contributed by atoms with Crippen LogP contribution in [0.4, 0.5) is 0 Å². The second kappa shape index (κ2) is 4.45. The van der Waals surface area contributed by atoms with Gasteiger partial charge in [0.15, 0.2) is 0 Å². The number of hydrogen-bond acceptors (Lipinski definition) is 1. The first-order valence-corrected chi connectivity index (χ1v) is 6.01. The van der Waals surface area contributed by atoms with Crippen LogP contribution in [0.1, 0.15) is 39.5 Å². The van der Waals surface area contributed by atoms with Gasteiger partial charge in [0, 0.05) is 17.8 Å². The largest absolute Gasteiger partial charge is 0.353 e. The zero-order valence-electron chi connectivity index (χ0n) is 8.40. The van der Waals surface area contributed by atoms with Crippen LogP contribution >= 0.6 is 15.9 Å². The number of carbonyl (C=O) groups excluding carboxylic acids is 1. The minimum atomic E-state index is 0.180. The lowest BCUT2D eigenvalue weighted by molar-refractivity contribution is -0.121. The van der Waals surface area contributed by atoms with E-state index in [1.807, 2.05) is 0 Å². The maximum absolute atomic E-state index is 11.3. The minimum Gasteiger partial charge on any atom is -0.353 e. The molecule has 1 atom stereocenters. The van der Waals surface area contributed by atoms with Crippen molar-refractivity contribution in [2.75, 3.05) is 5.33 Å². The minimum absolute atomic E-state index is 0.180. The van der Waals surface area contributed by atoms with Crippen LogP contribution in [0.2, 0.25) is 0 Å². The average Bonchev–Trinajstić information content (AvgIpc) is 2.30. The molecule has 0 aliphatic heterocycles. The number of halogens is 1. The quantitative estimate of drug-likeness (QED) is 0.764. The molecule has 3 heteroatoms. The smallest absolute Gasteiger partial charge is 0.221 e. The van der Waals surface area contributed by atoms with Crippen LogP contribution < -0.4 is 5.32 Å². The highest BCUT2D eigenvalue weighted by molar-refractivity contribution is 9.09. The Labute approximate surface area is 88.6 Å². The number of carbonyl (C=O) groups is 1. The lowest BCUT2D eigenvalue weighted by atomic mass is 9.92. The van der Waals surface area contributed by atoms with Gasteiger partial charge in [-0.25, -0.2) is 0 Å². The zero-order chi connectivity index (χ0) is 9.90. The van der Waals surface area contributed by atoms with Gasteiger partial charge in [-0.2, -0.15) is 0 Å². The van der Waals surface area contributed by atoms with Gasteiger partial charge in [0.25, 0.3) is 0 Å². The van der Waals surface area contributed by atoms with Crippen molar-refractivity contribution in [2.45, 2.75) is 45.6 Å². The Morgan fingerprint density at radius 3 is 2.77 bits per heavy atom. The second-order valence-electron chi connectivity index (χ2n) is 4.61. The Morgan fingerprint density at radius 1 is 1.62 bits per heavy atom. The fourth-order valence-electron chi connectivity index (χ4n) is 1.94. The molecule has 0 aromatic heterocycles. The van der Waals surface area contributed by atoms with Crippen molar-refractivity contribution >= 4 is 21.8 Å². The summed E-state index contributed by atoms with van der Waals surface area (Å²) in [6.45, 7) is 4.54. The topological polar surface area (TPSA) is 29.1 Å². The molecule has 1 N–H and O–H groups in total. The van der Waals surface area contributed by atoms with Crippen LogP contribution in [0.15, 0.2) is 0 Å². The first-order valence-electron chi connectivity index (χ1n) is 4.89. The van der Waals surface area contributed by atoms with Gasteiger partial charge in [-0.15, -0.1) is 0 Å². The molecule has 1 saturated carbocycles. The molecule has 0 saturated heterocycles. The summed E-state index contributed by atoms with van der Waals surface area (Å²) in [5.41, 5.74) is 0.423. The molecule has 1 aliphatic carbocycles. The fraction of sp³-hybridized carbons (Fsp3) is 0.900. The van der Waals surface area contributed by atoms with E-state index in [0.717, 1.165) is 18.2 Å². The highest BCUT2D eigenvalue weighted by Gasteiger charge is 2.31. The molecule has 1 aliphatic rings. The molecular formula is C10H18BrNO. The molecule has 0 aromatic carbocycles. The predicted octanol–water partition coefficient (Wildman–Crippen LogP) is 2.47. The van der Waals surface area contributed by atoms with E-state index in [-0.39, 0.29) is 5.91 Å². The summed E-state index contributed by atoms with van der Waals surface area (Å²) < 4.78 is 0. The summed E-state index contributed by atoms with van der Waals surface area (Å²) >= 11 is 3.26. The van der Waals surface area contributed by atoms with E-state index < -0.39 is 0 Å². The van der Waals surface area contributed by atoms with Crippen LogP contribution in [0.5, 0.6) is 0 Å². The van der Waals surface area contributed by atoms with Crippen molar-refractivity contribution in [1.82, 2.24) is 5.32 Å². The summed E-state index contributed by atoms with van der Waals surface area (Å²) in [7, 11) is 0. The SMILES string of the molecule is CC1(C)CCC(NC(=O)CCBr)C1. The summed E-state index contributed by atoms with van der Waals surface area (Å²) in [6, 6.07) is 0.418. The highest BCUT2D eigenvalue weighted by Crippen LogP contribution is 2.36. The monoisotopic (exact) mass is 247 g/mol. The first-order chi connectivity index (χ1) is 6.03. The van der Waals surface area contributed by atoms with Crippen LogP contribution in [0.25, 0.3) is 0 Å². The van der Waals surface area contributed by atoms with Crippen molar-refractivity contribution in [2.24, 2.45) is 5.41 Å². The molecule has 0 spiro atoms. The van der Waals surface area contributed by atoms with Gasteiger partial charge < -0.3 is 5.32 Å². The summed E-state index contributed by atoms with van der Waals surface area (Å²) in [5.74, 6) is 0.180. The first kappa shape index (κ1) is 11.0. The van der Waals surface area contributed by atoms with Crippen molar-refractivity contribution in [3.05, 3.63) is 0 Å². The van der Waals surface area contributed by atoms with E-state index in [1.165, 1.54) is 6.42 Å². The Balaban J connectivity index is 2.28. The maximum atomic E-state index is 11.3.